The third kappa shape index (κ3) is 5.72. The number of aromatic nitrogens is 2. The Hall–Kier alpha value is -3.92. The van der Waals surface area contributed by atoms with Gasteiger partial charge in [0.25, 0.3) is 0 Å². The zero-order valence-corrected chi connectivity index (χ0v) is 24.0. The molecular weight excluding hydrogens is 571 g/mol. The van der Waals surface area contributed by atoms with Gasteiger partial charge < -0.3 is 29.8 Å². The summed E-state index contributed by atoms with van der Waals surface area (Å²) in [5.74, 6) is -0.829. The van der Waals surface area contributed by atoms with E-state index >= 15 is 4.39 Å². The summed E-state index contributed by atoms with van der Waals surface area (Å²) in [6.45, 7) is 8.55. The molecule has 0 spiro atoms. The minimum atomic E-state index is -0.569. The van der Waals surface area contributed by atoms with E-state index in [-0.39, 0.29) is 36.1 Å². The lowest BCUT2D eigenvalue weighted by molar-refractivity contribution is -0.389. The average Bonchev–Trinajstić information content (AvgIpc) is 3.71. The van der Waals surface area contributed by atoms with Gasteiger partial charge in [-0.25, -0.2) is 9.18 Å². The first-order valence-corrected chi connectivity index (χ1v) is 14.6. The van der Waals surface area contributed by atoms with Gasteiger partial charge in [0.2, 0.25) is 5.91 Å². The molecule has 3 atom stereocenters. The molecule has 0 aliphatic carbocycles. The highest BCUT2D eigenvalue weighted by molar-refractivity contribution is 8.14. The summed E-state index contributed by atoms with van der Waals surface area (Å²) in [5, 5.41) is 14.3. The molecule has 4 aliphatic heterocycles. The maximum Gasteiger partial charge on any atom is 0.415 e. The van der Waals surface area contributed by atoms with Crippen LogP contribution in [0.15, 0.2) is 29.4 Å². The van der Waals surface area contributed by atoms with Crippen LogP contribution in [0.5, 0.6) is 6.01 Å². The Morgan fingerprint density at radius 1 is 1.31 bits per heavy atom. The average molecular weight is 603 g/mol. The van der Waals surface area contributed by atoms with E-state index in [0.29, 0.717) is 30.9 Å². The predicted octanol–water partition coefficient (Wildman–Crippen LogP) is 2.00. The Kier molecular flexibility index (Phi) is 7.43. The lowest BCUT2D eigenvalue weighted by Crippen LogP contribution is -2.53. The number of ether oxygens (including phenoxy) is 2. The SMILES string of the molecule is CC(=O)NC[C@H]1CN(c2ccc(C3CN=C(N4CCN(CC5(C)Cn6cc([N+](=O)[O-])nc6O5)CC4)S3)c(F)c2)C(=O)O1. The van der Waals surface area contributed by atoms with Gasteiger partial charge >= 0.3 is 17.9 Å². The standard InChI is InChI=1S/C26H31FN8O6S/c1-16(36)28-10-18-12-34(25(37)40-18)17-3-4-19(20(27)9-17)21-11-29-24(42-21)32-7-5-31(6-8-32)14-26(2)15-33-13-22(35(38)39)30-23(33)41-26/h3-4,9,13,18,21H,5-8,10-12,14-15H2,1-2H3,(H,28,36)/t18-,21?,26?/m0/s1. The molecule has 2 saturated heterocycles. The minimum absolute atomic E-state index is 0.165. The zero-order valence-electron chi connectivity index (χ0n) is 23.2. The molecule has 0 saturated carbocycles. The van der Waals surface area contributed by atoms with Crippen molar-refractivity contribution in [2.24, 2.45) is 4.99 Å². The van der Waals surface area contributed by atoms with E-state index in [4.69, 9.17) is 14.5 Å². The second kappa shape index (κ2) is 11.1. The van der Waals surface area contributed by atoms with E-state index in [1.54, 1.807) is 28.5 Å². The number of hydrogen-bond acceptors (Lipinski definition) is 11. The van der Waals surface area contributed by atoms with E-state index in [1.165, 1.54) is 24.1 Å². The quantitative estimate of drug-likeness (QED) is 0.369. The van der Waals surface area contributed by atoms with Gasteiger partial charge in [-0.3, -0.25) is 24.2 Å². The number of carbonyl (C=O) groups is 2. The second-order valence-electron chi connectivity index (χ2n) is 11.1. The number of hydrogen-bond donors (Lipinski definition) is 1. The van der Waals surface area contributed by atoms with Crippen molar-refractivity contribution >= 4 is 40.4 Å². The van der Waals surface area contributed by atoms with Crippen LogP contribution in [0.25, 0.3) is 0 Å². The number of amides is 2. The van der Waals surface area contributed by atoms with E-state index in [0.717, 1.165) is 31.3 Å². The lowest BCUT2D eigenvalue weighted by atomic mass is 10.1. The van der Waals surface area contributed by atoms with Crippen LogP contribution in [0.1, 0.15) is 24.7 Å². The number of benzene rings is 1. The van der Waals surface area contributed by atoms with Crippen molar-refractivity contribution < 1.29 is 28.4 Å². The molecule has 1 N–H and O–H groups in total. The Bertz CT molecular complexity index is 1420. The largest absolute Gasteiger partial charge is 0.442 e. The maximum absolute atomic E-state index is 15.2. The Labute approximate surface area is 245 Å². The molecule has 42 heavy (non-hydrogen) atoms. The maximum atomic E-state index is 15.2. The van der Waals surface area contributed by atoms with Crippen LogP contribution in [0.4, 0.5) is 20.7 Å². The smallest absolute Gasteiger partial charge is 0.415 e. The molecule has 224 valence electrons. The number of imidazole rings is 1. The molecule has 2 unspecified atom stereocenters. The van der Waals surface area contributed by atoms with Crippen LogP contribution in [0.2, 0.25) is 0 Å². The van der Waals surface area contributed by atoms with E-state index in [9.17, 15) is 19.7 Å². The minimum Gasteiger partial charge on any atom is -0.442 e. The Morgan fingerprint density at radius 3 is 2.79 bits per heavy atom. The molecule has 5 heterocycles. The molecule has 4 aliphatic rings. The lowest BCUT2D eigenvalue weighted by Gasteiger charge is -2.38. The molecule has 14 nitrogen and oxygen atoms in total. The van der Waals surface area contributed by atoms with Crippen molar-refractivity contribution in [3.05, 3.63) is 45.9 Å². The molecule has 1 aromatic heterocycles. The molecule has 16 heteroatoms. The third-order valence-corrected chi connectivity index (χ3v) is 8.98. The van der Waals surface area contributed by atoms with Crippen LogP contribution in [0, 0.1) is 15.9 Å². The van der Waals surface area contributed by atoms with Gasteiger partial charge in [0, 0.05) is 50.2 Å². The Morgan fingerprint density at radius 2 is 2.10 bits per heavy atom. The van der Waals surface area contributed by atoms with Crippen LogP contribution < -0.4 is 15.0 Å². The van der Waals surface area contributed by atoms with Gasteiger partial charge in [-0.15, -0.1) is 0 Å². The second-order valence-corrected chi connectivity index (χ2v) is 12.2. The summed E-state index contributed by atoms with van der Waals surface area (Å²) in [5.41, 5.74) is 0.424. The van der Waals surface area contributed by atoms with Gasteiger partial charge in [0.15, 0.2) is 5.17 Å². The number of cyclic esters (lactones) is 1. The summed E-state index contributed by atoms with van der Waals surface area (Å²) < 4.78 is 28.2. The number of thioether (sulfide) groups is 1. The van der Waals surface area contributed by atoms with Crippen LogP contribution in [-0.2, 0) is 16.1 Å². The fourth-order valence-corrected chi connectivity index (χ4v) is 6.88. The van der Waals surface area contributed by atoms with E-state index in [2.05, 4.69) is 20.1 Å². The zero-order chi connectivity index (χ0) is 29.6. The number of aliphatic imine (C=N–C) groups is 1. The van der Waals surface area contributed by atoms with Gasteiger partial charge in [0.05, 0.1) is 37.1 Å². The summed E-state index contributed by atoms with van der Waals surface area (Å²) >= 11 is 1.54. The predicted molar refractivity (Wildman–Crippen MR) is 151 cm³/mol. The molecule has 2 fully saturated rings. The van der Waals surface area contributed by atoms with Gasteiger partial charge in [-0.2, -0.15) is 0 Å². The number of rotatable bonds is 7. The molecule has 2 amide bonds. The first kappa shape index (κ1) is 28.2. The number of nitro groups is 1. The molecule has 2 aromatic rings. The highest BCUT2D eigenvalue weighted by Crippen LogP contribution is 2.39. The molecular formula is C26H31FN8O6S. The number of carbonyl (C=O) groups excluding carboxylic acids is 2. The summed E-state index contributed by atoms with van der Waals surface area (Å²) in [7, 11) is 0. The van der Waals surface area contributed by atoms with Crippen molar-refractivity contribution in [1.82, 2.24) is 24.7 Å². The van der Waals surface area contributed by atoms with Crippen molar-refractivity contribution in [2.75, 3.05) is 57.3 Å². The van der Waals surface area contributed by atoms with Crippen molar-refractivity contribution in [1.29, 1.82) is 0 Å². The third-order valence-electron chi connectivity index (χ3n) is 7.69. The van der Waals surface area contributed by atoms with Crippen molar-refractivity contribution in [2.45, 2.75) is 37.3 Å². The fourth-order valence-electron chi connectivity index (χ4n) is 5.67. The topological polar surface area (TPSA) is 148 Å². The molecule has 1 aromatic carbocycles. The van der Waals surface area contributed by atoms with Crippen LogP contribution in [0.3, 0.4) is 0 Å². The number of piperazine rings is 1. The van der Waals surface area contributed by atoms with E-state index in [1.807, 2.05) is 6.92 Å². The number of nitrogens with one attached hydrogen (secondary N) is 1. The highest BCUT2D eigenvalue weighted by atomic mass is 32.2. The van der Waals surface area contributed by atoms with Gasteiger partial charge in [-0.05, 0) is 24.0 Å². The monoisotopic (exact) mass is 602 g/mol. The number of halogens is 1. The van der Waals surface area contributed by atoms with Gasteiger partial charge in [-0.1, -0.05) is 17.8 Å². The number of amidine groups is 1. The van der Waals surface area contributed by atoms with Crippen molar-refractivity contribution in [3.63, 3.8) is 0 Å². The first-order chi connectivity index (χ1) is 20.1. The number of fused-ring (bicyclic) bond motifs is 1. The van der Waals surface area contributed by atoms with Crippen LogP contribution in [-0.4, -0.2) is 106 Å². The first-order valence-electron chi connectivity index (χ1n) is 13.7. The summed E-state index contributed by atoms with van der Waals surface area (Å²) in [6, 6.07) is 5.05. The van der Waals surface area contributed by atoms with Gasteiger partial charge in [0.1, 0.15) is 23.7 Å². The summed E-state index contributed by atoms with van der Waals surface area (Å²) in [6.07, 6.45) is 0.348. The highest BCUT2D eigenvalue weighted by Gasteiger charge is 2.42. The molecule has 0 bridgehead atoms. The van der Waals surface area contributed by atoms with Crippen LogP contribution >= 0.6 is 11.8 Å². The number of nitrogens with zero attached hydrogens (tertiary/aromatic N) is 7. The normalized spacial score (nSPS) is 25.7. The molecule has 6 rings (SSSR count). The number of anilines is 1. The Balaban J connectivity index is 0.992. The fraction of sp³-hybridized carbons (Fsp3) is 0.538. The molecule has 0 radical (unpaired) electrons. The summed E-state index contributed by atoms with van der Waals surface area (Å²) in [4.78, 5) is 48.5. The van der Waals surface area contributed by atoms with Crippen molar-refractivity contribution in [3.8, 4) is 6.01 Å². The van der Waals surface area contributed by atoms with E-state index < -0.39 is 28.5 Å².